The Kier molecular flexibility index (Phi) is 6.32. The van der Waals surface area contributed by atoms with Gasteiger partial charge in [0.15, 0.2) is 0 Å². The van der Waals surface area contributed by atoms with Gasteiger partial charge in [0.2, 0.25) is 10.0 Å². The molecule has 1 aromatic rings. The molecule has 2 rings (SSSR count). The van der Waals surface area contributed by atoms with E-state index in [9.17, 15) is 8.42 Å². The highest BCUT2D eigenvalue weighted by Crippen LogP contribution is 2.28. The number of nitrogens with one attached hydrogen (secondary N) is 2. The van der Waals surface area contributed by atoms with E-state index in [1.165, 1.54) is 38.4 Å². The van der Waals surface area contributed by atoms with Gasteiger partial charge in [-0.3, -0.25) is 0 Å². The van der Waals surface area contributed by atoms with Crippen molar-refractivity contribution < 1.29 is 13.3 Å². The van der Waals surface area contributed by atoms with E-state index in [1.807, 2.05) is 0 Å². The Morgan fingerprint density at radius 3 is 2.57 bits per heavy atom. The van der Waals surface area contributed by atoms with Crippen molar-refractivity contribution in [2.24, 2.45) is 0 Å². The van der Waals surface area contributed by atoms with Crippen molar-refractivity contribution in [2.45, 2.75) is 30.6 Å². The van der Waals surface area contributed by atoms with Gasteiger partial charge in [-0.15, -0.1) is 0 Å². The lowest BCUT2D eigenvalue weighted by molar-refractivity contribution is -0.904. The van der Waals surface area contributed by atoms with Gasteiger partial charge < -0.3 is 4.90 Å². The molecule has 0 atom stereocenters. The number of piperidine rings is 1. The minimum absolute atomic E-state index is 0.0435. The van der Waals surface area contributed by atoms with E-state index >= 15 is 0 Å². The maximum absolute atomic E-state index is 12.2. The zero-order valence-corrected chi connectivity index (χ0v) is 14.2. The molecule has 21 heavy (non-hydrogen) atoms. The highest BCUT2D eigenvalue weighted by molar-refractivity contribution is 7.89. The van der Waals surface area contributed by atoms with Crippen molar-refractivity contribution in [3.8, 4) is 0 Å². The number of quaternary nitrogens is 1. The molecule has 0 aromatic heterocycles. The average molecular weight is 352 g/mol. The van der Waals surface area contributed by atoms with Crippen LogP contribution >= 0.6 is 23.2 Å². The van der Waals surface area contributed by atoms with Crippen LogP contribution in [-0.2, 0) is 10.0 Å². The molecular weight excluding hydrogens is 331 g/mol. The Morgan fingerprint density at radius 2 is 1.86 bits per heavy atom. The third-order valence-corrected chi connectivity index (χ3v) is 6.20. The highest BCUT2D eigenvalue weighted by Gasteiger charge is 2.19. The minimum atomic E-state index is -3.59. The van der Waals surface area contributed by atoms with E-state index in [1.54, 1.807) is 17.0 Å². The second kappa shape index (κ2) is 7.79. The molecule has 1 saturated heterocycles. The van der Waals surface area contributed by atoms with Gasteiger partial charge in [0.1, 0.15) is 4.90 Å². The highest BCUT2D eigenvalue weighted by atomic mass is 35.5. The van der Waals surface area contributed by atoms with E-state index in [-0.39, 0.29) is 14.9 Å². The quantitative estimate of drug-likeness (QED) is 0.767. The summed E-state index contributed by atoms with van der Waals surface area (Å²) in [6.45, 7) is 3.83. The zero-order chi connectivity index (χ0) is 15.3. The summed E-state index contributed by atoms with van der Waals surface area (Å²) < 4.78 is 27.0. The molecular formula is C14H21Cl2N2O2S+. The molecule has 1 aliphatic heterocycles. The van der Waals surface area contributed by atoms with E-state index < -0.39 is 10.0 Å². The monoisotopic (exact) mass is 351 g/mol. The first-order chi connectivity index (χ1) is 10.0. The first-order valence-corrected chi connectivity index (χ1v) is 9.52. The van der Waals surface area contributed by atoms with Crippen LogP contribution in [0.3, 0.4) is 0 Å². The molecule has 1 heterocycles. The van der Waals surface area contributed by atoms with Crippen molar-refractivity contribution in [1.29, 1.82) is 0 Å². The predicted octanol–water partition coefficient (Wildman–Crippen LogP) is 1.73. The number of benzene rings is 1. The van der Waals surface area contributed by atoms with Gasteiger partial charge in [-0.25, -0.2) is 13.1 Å². The van der Waals surface area contributed by atoms with E-state index in [2.05, 4.69) is 4.72 Å². The van der Waals surface area contributed by atoms with Crippen LogP contribution in [0.2, 0.25) is 10.0 Å². The van der Waals surface area contributed by atoms with Gasteiger partial charge >= 0.3 is 0 Å². The molecule has 0 amide bonds. The Morgan fingerprint density at radius 1 is 1.14 bits per heavy atom. The lowest BCUT2D eigenvalue weighted by Gasteiger charge is -2.23. The number of sulfonamides is 1. The van der Waals surface area contributed by atoms with Crippen molar-refractivity contribution >= 4 is 33.2 Å². The van der Waals surface area contributed by atoms with Crippen LogP contribution in [-0.4, -0.2) is 34.6 Å². The van der Waals surface area contributed by atoms with Crippen molar-refractivity contribution in [3.63, 3.8) is 0 Å². The zero-order valence-electron chi connectivity index (χ0n) is 11.9. The van der Waals surface area contributed by atoms with E-state index in [0.29, 0.717) is 6.54 Å². The van der Waals surface area contributed by atoms with Gasteiger partial charge in [-0.2, -0.15) is 0 Å². The summed E-state index contributed by atoms with van der Waals surface area (Å²) >= 11 is 11.8. The topological polar surface area (TPSA) is 50.6 Å². The van der Waals surface area contributed by atoms with E-state index in [0.717, 1.165) is 13.0 Å². The fourth-order valence-electron chi connectivity index (χ4n) is 2.62. The fraction of sp³-hybridized carbons (Fsp3) is 0.571. The molecule has 1 aliphatic rings. The van der Waals surface area contributed by atoms with Crippen LogP contribution < -0.4 is 9.62 Å². The Bertz CT molecular complexity index is 572. The molecule has 4 nitrogen and oxygen atoms in total. The lowest BCUT2D eigenvalue weighted by Crippen LogP contribution is -3.12. The standard InChI is InChI=1S/C14H20Cl2N2O2S/c15-12-6-4-7-13(14(12)16)21(19,20)17-8-5-11-18-9-2-1-3-10-18/h4,6-7,17H,1-3,5,8-11H2/p+1. The van der Waals surface area contributed by atoms with Crippen molar-refractivity contribution in [3.05, 3.63) is 28.2 Å². The Labute approximate surface area is 136 Å². The first-order valence-electron chi connectivity index (χ1n) is 7.28. The van der Waals surface area contributed by atoms with Crippen LogP contribution in [0.25, 0.3) is 0 Å². The van der Waals surface area contributed by atoms with Gasteiger partial charge in [0, 0.05) is 13.0 Å². The summed E-state index contributed by atoms with van der Waals surface area (Å²) in [6.07, 6.45) is 4.70. The number of hydrogen-bond donors (Lipinski definition) is 2. The summed E-state index contributed by atoms with van der Waals surface area (Å²) in [6, 6.07) is 4.62. The molecule has 7 heteroatoms. The molecule has 118 valence electrons. The SMILES string of the molecule is O=S(=O)(NCCC[NH+]1CCCCC1)c1cccc(Cl)c1Cl. The molecule has 0 aliphatic carbocycles. The molecule has 0 bridgehead atoms. The smallest absolute Gasteiger partial charge is 0.242 e. The second-order valence-corrected chi connectivity index (χ2v) is 7.88. The average Bonchev–Trinajstić information content (AvgIpc) is 2.47. The number of rotatable bonds is 6. The molecule has 0 spiro atoms. The van der Waals surface area contributed by atoms with Gasteiger partial charge in [-0.1, -0.05) is 29.3 Å². The minimum Gasteiger partial charge on any atom is -0.335 e. The molecule has 1 aromatic carbocycles. The predicted molar refractivity (Wildman–Crippen MR) is 85.7 cm³/mol. The third-order valence-electron chi connectivity index (χ3n) is 3.77. The van der Waals surface area contributed by atoms with Crippen LogP contribution in [0, 0.1) is 0 Å². The van der Waals surface area contributed by atoms with E-state index in [4.69, 9.17) is 23.2 Å². The summed E-state index contributed by atoms with van der Waals surface area (Å²) in [7, 11) is -3.59. The van der Waals surface area contributed by atoms with Gasteiger partial charge in [0.05, 0.1) is 29.7 Å². The summed E-state index contributed by atoms with van der Waals surface area (Å²) in [4.78, 5) is 1.61. The molecule has 0 unspecified atom stereocenters. The molecule has 1 fully saturated rings. The van der Waals surface area contributed by atoms with Crippen LogP contribution in [0.4, 0.5) is 0 Å². The summed E-state index contributed by atoms with van der Waals surface area (Å²) in [5, 5.41) is 0.325. The van der Waals surface area contributed by atoms with Crippen molar-refractivity contribution in [2.75, 3.05) is 26.2 Å². The Balaban J connectivity index is 1.85. The van der Waals surface area contributed by atoms with Crippen LogP contribution in [0.5, 0.6) is 0 Å². The maximum Gasteiger partial charge on any atom is 0.242 e. The third kappa shape index (κ3) is 4.83. The lowest BCUT2D eigenvalue weighted by atomic mass is 10.1. The number of halogens is 2. The molecule has 0 radical (unpaired) electrons. The largest absolute Gasteiger partial charge is 0.335 e. The van der Waals surface area contributed by atoms with Crippen LogP contribution in [0.1, 0.15) is 25.7 Å². The first kappa shape index (κ1) is 17.0. The van der Waals surface area contributed by atoms with Crippen molar-refractivity contribution in [1.82, 2.24) is 4.72 Å². The summed E-state index contributed by atoms with van der Waals surface area (Å²) in [5.74, 6) is 0. The Hall–Kier alpha value is -0.330. The second-order valence-electron chi connectivity index (χ2n) is 5.36. The van der Waals surface area contributed by atoms with Gasteiger partial charge in [-0.05, 0) is 31.4 Å². The van der Waals surface area contributed by atoms with Crippen LogP contribution in [0.15, 0.2) is 23.1 Å². The maximum atomic E-state index is 12.2. The van der Waals surface area contributed by atoms with Gasteiger partial charge in [0.25, 0.3) is 0 Å². The number of likely N-dealkylation sites (tertiary alicyclic amines) is 1. The fourth-order valence-corrected chi connectivity index (χ4v) is 4.45. The summed E-state index contributed by atoms with van der Waals surface area (Å²) in [5.41, 5.74) is 0. The molecule has 0 saturated carbocycles. The molecule has 2 N–H and O–H groups in total. The number of hydrogen-bond acceptors (Lipinski definition) is 2. The normalized spacial score (nSPS) is 17.0.